The third kappa shape index (κ3) is 5.36. The van der Waals surface area contributed by atoms with E-state index in [0.29, 0.717) is 19.7 Å². The van der Waals surface area contributed by atoms with Gasteiger partial charge in [0.15, 0.2) is 0 Å². The second kappa shape index (κ2) is 8.09. The Kier molecular flexibility index (Phi) is 6.78. The Labute approximate surface area is 120 Å². The summed E-state index contributed by atoms with van der Waals surface area (Å²) in [5.74, 6) is -0.796. The number of piperidine rings is 1. The molecule has 1 heterocycles. The number of carboxylic acid groups (broad SMARTS) is 1. The van der Waals surface area contributed by atoms with Crippen LogP contribution in [-0.2, 0) is 9.53 Å². The first-order chi connectivity index (χ1) is 9.43. The number of ether oxygens (including phenoxy) is 1. The molecule has 1 rings (SSSR count). The number of carbonyl (C=O) groups is 2. The Balaban J connectivity index is 2.43. The van der Waals surface area contributed by atoms with E-state index in [-0.39, 0.29) is 30.5 Å². The summed E-state index contributed by atoms with van der Waals surface area (Å²) in [7, 11) is 0. The van der Waals surface area contributed by atoms with Gasteiger partial charge in [-0.1, -0.05) is 13.8 Å². The number of hydrogen-bond acceptors (Lipinski definition) is 3. The summed E-state index contributed by atoms with van der Waals surface area (Å²) in [5.41, 5.74) is 0. The van der Waals surface area contributed by atoms with E-state index in [1.54, 1.807) is 4.90 Å². The van der Waals surface area contributed by atoms with Crippen molar-refractivity contribution in [2.45, 2.75) is 52.2 Å². The highest BCUT2D eigenvalue weighted by Crippen LogP contribution is 2.14. The van der Waals surface area contributed by atoms with Gasteiger partial charge in [0.05, 0.1) is 12.5 Å². The van der Waals surface area contributed by atoms with Crippen LogP contribution in [0.3, 0.4) is 0 Å². The number of aliphatic carboxylic acids is 1. The Morgan fingerprint density at radius 1 is 1.35 bits per heavy atom. The number of hydrogen-bond donors (Lipinski definition) is 2. The van der Waals surface area contributed by atoms with Gasteiger partial charge in [0.1, 0.15) is 0 Å². The van der Waals surface area contributed by atoms with E-state index in [1.807, 2.05) is 20.8 Å². The topological polar surface area (TPSA) is 78.9 Å². The van der Waals surface area contributed by atoms with Crippen LogP contribution in [0, 0.1) is 5.92 Å². The number of nitrogens with zero attached hydrogens (tertiary/aromatic N) is 1. The maximum atomic E-state index is 12.1. The summed E-state index contributed by atoms with van der Waals surface area (Å²) < 4.78 is 5.55. The van der Waals surface area contributed by atoms with Crippen LogP contribution in [0.4, 0.5) is 4.79 Å². The zero-order valence-electron chi connectivity index (χ0n) is 12.6. The Bertz CT molecular complexity index is 325. The highest BCUT2D eigenvalue weighted by Gasteiger charge is 2.26. The lowest BCUT2D eigenvalue weighted by Gasteiger charge is -2.33. The molecule has 1 aliphatic rings. The van der Waals surface area contributed by atoms with Gasteiger partial charge in [-0.2, -0.15) is 0 Å². The van der Waals surface area contributed by atoms with Crippen LogP contribution in [-0.4, -0.2) is 53.8 Å². The monoisotopic (exact) mass is 286 g/mol. The molecule has 1 unspecified atom stereocenters. The molecule has 20 heavy (non-hydrogen) atoms. The van der Waals surface area contributed by atoms with Crippen molar-refractivity contribution in [3.63, 3.8) is 0 Å². The summed E-state index contributed by atoms with van der Waals surface area (Å²) in [5, 5.41) is 11.7. The van der Waals surface area contributed by atoms with Crippen LogP contribution in [0.15, 0.2) is 0 Å². The molecule has 1 atom stereocenters. The molecule has 6 heteroatoms. The molecule has 0 spiro atoms. The fourth-order valence-corrected chi connectivity index (χ4v) is 2.35. The quantitative estimate of drug-likeness (QED) is 0.779. The van der Waals surface area contributed by atoms with Crippen molar-refractivity contribution < 1.29 is 19.4 Å². The summed E-state index contributed by atoms with van der Waals surface area (Å²) >= 11 is 0. The average molecular weight is 286 g/mol. The van der Waals surface area contributed by atoms with Gasteiger partial charge >= 0.3 is 12.0 Å². The minimum Gasteiger partial charge on any atom is -0.481 e. The number of nitrogens with one attached hydrogen (secondary N) is 1. The number of rotatable bonds is 6. The predicted octanol–water partition coefficient (Wildman–Crippen LogP) is 1.70. The van der Waals surface area contributed by atoms with Gasteiger partial charge in [-0.15, -0.1) is 0 Å². The van der Waals surface area contributed by atoms with Crippen molar-refractivity contribution >= 4 is 12.0 Å². The Hall–Kier alpha value is -1.30. The lowest BCUT2D eigenvalue weighted by atomic mass is 10.0. The van der Waals surface area contributed by atoms with Crippen molar-refractivity contribution in [1.82, 2.24) is 10.2 Å². The van der Waals surface area contributed by atoms with Gasteiger partial charge in [0, 0.05) is 25.7 Å². The third-order valence-electron chi connectivity index (χ3n) is 3.64. The van der Waals surface area contributed by atoms with Gasteiger partial charge in [0.25, 0.3) is 0 Å². The molecule has 6 nitrogen and oxygen atoms in total. The molecule has 0 saturated carbocycles. The van der Waals surface area contributed by atoms with Crippen LogP contribution in [0.5, 0.6) is 0 Å². The van der Waals surface area contributed by atoms with E-state index < -0.39 is 5.97 Å². The average Bonchev–Trinajstić information content (AvgIpc) is 2.38. The molecular formula is C14H26N2O4. The largest absolute Gasteiger partial charge is 0.481 e. The molecule has 116 valence electrons. The lowest BCUT2D eigenvalue weighted by Crippen LogP contribution is -2.50. The maximum Gasteiger partial charge on any atom is 0.317 e. The molecule has 0 bridgehead atoms. The molecule has 0 aromatic rings. The minimum atomic E-state index is -0.890. The first kappa shape index (κ1) is 16.8. The molecule has 0 aliphatic carbocycles. The zero-order valence-corrected chi connectivity index (χ0v) is 12.6. The second-order valence-electron chi connectivity index (χ2n) is 5.54. The predicted molar refractivity (Wildman–Crippen MR) is 75.6 cm³/mol. The molecular weight excluding hydrogens is 260 g/mol. The zero-order chi connectivity index (χ0) is 15.1. The molecule has 2 amide bonds. The number of urea groups is 1. The normalized spacial score (nSPS) is 18.1. The van der Waals surface area contributed by atoms with Crippen molar-refractivity contribution in [2.24, 2.45) is 5.92 Å². The van der Waals surface area contributed by atoms with Gasteiger partial charge in [-0.3, -0.25) is 4.79 Å². The molecule has 0 aromatic heterocycles. The lowest BCUT2D eigenvalue weighted by molar-refractivity contribution is -0.137. The summed E-state index contributed by atoms with van der Waals surface area (Å²) in [4.78, 5) is 24.7. The first-order valence-corrected chi connectivity index (χ1v) is 7.32. The standard InChI is InChI=1S/C14H26N2O4/c1-4-20-11-5-7-16(8-6-11)14(19)15-12(10(2)3)9-13(17)18/h10-12H,4-9H2,1-3H3,(H,15,19)(H,17,18). The van der Waals surface area contributed by atoms with Gasteiger partial charge in [0.2, 0.25) is 0 Å². The van der Waals surface area contributed by atoms with E-state index >= 15 is 0 Å². The van der Waals surface area contributed by atoms with Crippen molar-refractivity contribution in [3.8, 4) is 0 Å². The van der Waals surface area contributed by atoms with E-state index in [1.165, 1.54) is 0 Å². The van der Waals surface area contributed by atoms with E-state index in [4.69, 9.17) is 9.84 Å². The minimum absolute atomic E-state index is 0.0428. The first-order valence-electron chi connectivity index (χ1n) is 7.32. The second-order valence-corrected chi connectivity index (χ2v) is 5.54. The van der Waals surface area contributed by atoms with Gasteiger partial charge in [-0.05, 0) is 25.7 Å². The molecule has 0 radical (unpaired) electrons. The van der Waals surface area contributed by atoms with Crippen LogP contribution in [0.1, 0.15) is 40.0 Å². The molecule has 1 saturated heterocycles. The molecule has 0 aromatic carbocycles. The highest BCUT2D eigenvalue weighted by atomic mass is 16.5. The van der Waals surface area contributed by atoms with E-state index in [2.05, 4.69) is 5.32 Å². The van der Waals surface area contributed by atoms with E-state index in [9.17, 15) is 9.59 Å². The maximum absolute atomic E-state index is 12.1. The van der Waals surface area contributed by atoms with Crippen molar-refractivity contribution in [1.29, 1.82) is 0 Å². The smallest absolute Gasteiger partial charge is 0.317 e. The SMILES string of the molecule is CCOC1CCN(C(=O)NC(CC(=O)O)C(C)C)CC1. The van der Waals surface area contributed by atoms with Crippen LogP contribution in [0.2, 0.25) is 0 Å². The Morgan fingerprint density at radius 2 is 1.95 bits per heavy atom. The molecule has 2 N–H and O–H groups in total. The fraction of sp³-hybridized carbons (Fsp3) is 0.857. The molecule has 1 fully saturated rings. The third-order valence-corrected chi connectivity index (χ3v) is 3.64. The number of likely N-dealkylation sites (tertiary alicyclic amines) is 1. The summed E-state index contributed by atoms with van der Waals surface area (Å²) in [6, 6.07) is -0.496. The van der Waals surface area contributed by atoms with Crippen molar-refractivity contribution in [3.05, 3.63) is 0 Å². The molecule has 1 aliphatic heterocycles. The fourth-order valence-electron chi connectivity index (χ4n) is 2.35. The number of amides is 2. The Morgan fingerprint density at radius 3 is 2.40 bits per heavy atom. The number of carboxylic acids is 1. The number of carbonyl (C=O) groups excluding carboxylic acids is 1. The summed E-state index contributed by atoms with van der Waals surface area (Å²) in [6.45, 7) is 7.82. The summed E-state index contributed by atoms with van der Waals surface area (Å²) in [6.07, 6.45) is 1.88. The van der Waals surface area contributed by atoms with Crippen LogP contribution in [0.25, 0.3) is 0 Å². The highest BCUT2D eigenvalue weighted by molar-refractivity contribution is 5.76. The van der Waals surface area contributed by atoms with E-state index in [0.717, 1.165) is 12.8 Å². The van der Waals surface area contributed by atoms with Crippen molar-refractivity contribution in [2.75, 3.05) is 19.7 Å². The van der Waals surface area contributed by atoms with Gasteiger partial charge in [-0.25, -0.2) is 4.79 Å². The van der Waals surface area contributed by atoms with Gasteiger partial charge < -0.3 is 20.1 Å². The van der Waals surface area contributed by atoms with Crippen LogP contribution >= 0.6 is 0 Å². The van der Waals surface area contributed by atoms with Crippen LogP contribution < -0.4 is 5.32 Å².